The smallest absolute Gasteiger partial charge is 0.262 e. The Hall–Kier alpha value is -4.22. The molecule has 0 aliphatic heterocycles. The molecule has 2 aromatic heterocycles. The van der Waals surface area contributed by atoms with Crippen molar-refractivity contribution in [3.05, 3.63) is 123 Å². The summed E-state index contributed by atoms with van der Waals surface area (Å²) < 4.78 is 28.4. The molecule has 214 valence electrons. The Labute approximate surface area is 252 Å². The van der Waals surface area contributed by atoms with Gasteiger partial charge in [-0.3, -0.25) is 9.78 Å². The molecular weight excluding hydrogens is 594 g/mol. The molecular formula is C31H26ClN3O5S2. The number of nitrogens with one attached hydrogen (secondary N) is 1. The van der Waals surface area contributed by atoms with Crippen LogP contribution in [0.1, 0.15) is 27.0 Å². The van der Waals surface area contributed by atoms with Crippen LogP contribution in [0.4, 0.5) is 5.69 Å². The maximum absolute atomic E-state index is 13.6. The van der Waals surface area contributed by atoms with Crippen LogP contribution < -0.4 is 9.62 Å². The second-order valence-corrected chi connectivity index (χ2v) is 12.5. The van der Waals surface area contributed by atoms with E-state index in [0.29, 0.717) is 16.9 Å². The van der Waals surface area contributed by atoms with Gasteiger partial charge in [-0.05, 0) is 64.7 Å². The van der Waals surface area contributed by atoms with Crippen molar-refractivity contribution < 1.29 is 23.4 Å². The summed E-state index contributed by atoms with van der Waals surface area (Å²) >= 11 is 7.53. The zero-order valence-corrected chi connectivity index (χ0v) is 24.7. The first-order valence-electron chi connectivity index (χ1n) is 12.8. The van der Waals surface area contributed by atoms with E-state index < -0.39 is 15.9 Å². The standard InChI is InChI=1S/C31H26ClN3O5S2/c1-20-13-25(42(39,40)34-16-21-5-3-2-4-6-21)17-33-30(20)23-7-9-24(10-8-23)35(18-22-11-12-41-19-22)31(38)26-14-27(32)29(37)15-28(26)36/h2-15,17,19,34,36-37H,16,18H2,1H3. The first kappa shape index (κ1) is 29.3. The number of phenolic OH excluding ortho intramolecular Hbond substituents is 2. The number of amides is 1. The number of hydrogen-bond donors (Lipinski definition) is 3. The first-order valence-corrected chi connectivity index (χ1v) is 15.6. The minimum absolute atomic E-state index is 0.0488. The summed E-state index contributed by atoms with van der Waals surface area (Å²) in [7, 11) is -3.77. The summed E-state index contributed by atoms with van der Waals surface area (Å²) in [5, 5.41) is 24.0. The fourth-order valence-corrected chi connectivity index (χ4v) is 6.24. The Kier molecular flexibility index (Phi) is 8.60. The topological polar surface area (TPSA) is 120 Å². The number of halogens is 1. The van der Waals surface area contributed by atoms with E-state index >= 15 is 0 Å². The molecule has 0 bridgehead atoms. The normalized spacial score (nSPS) is 11.4. The van der Waals surface area contributed by atoms with Gasteiger partial charge in [0.05, 0.1) is 22.8 Å². The number of aromatic nitrogens is 1. The number of nitrogens with zero attached hydrogens (tertiary/aromatic N) is 2. The lowest BCUT2D eigenvalue weighted by Gasteiger charge is -2.23. The molecule has 8 nitrogen and oxygen atoms in total. The maximum atomic E-state index is 13.6. The number of phenols is 2. The predicted octanol–water partition coefficient (Wildman–Crippen LogP) is 6.51. The third kappa shape index (κ3) is 6.47. The molecule has 3 aromatic carbocycles. The maximum Gasteiger partial charge on any atom is 0.262 e. The lowest BCUT2D eigenvalue weighted by atomic mass is 10.1. The molecule has 0 aliphatic carbocycles. The zero-order chi connectivity index (χ0) is 29.9. The summed E-state index contributed by atoms with van der Waals surface area (Å²) in [6.45, 7) is 2.19. The molecule has 0 saturated carbocycles. The van der Waals surface area contributed by atoms with E-state index in [-0.39, 0.29) is 40.1 Å². The van der Waals surface area contributed by atoms with Crippen LogP contribution in [-0.4, -0.2) is 29.5 Å². The minimum Gasteiger partial charge on any atom is -0.507 e. The molecule has 0 radical (unpaired) electrons. The highest BCUT2D eigenvalue weighted by atomic mass is 35.5. The number of hydrogen-bond acceptors (Lipinski definition) is 7. The summed E-state index contributed by atoms with van der Waals surface area (Å²) in [5.74, 6) is -1.21. The summed E-state index contributed by atoms with van der Waals surface area (Å²) in [5.41, 5.74) is 4.25. The summed E-state index contributed by atoms with van der Waals surface area (Å²) in [4.78, 5) is 19.6. The average molecular weight is 620 g/mol. The second kappa shape index (κ2) is 12.3. The predicted molar refractivity (Wildman–Crippen MR) is 164 cm³/mol. The van der Waals surface area contributed by atoms with Gasteiger partial charge in [-0.1, -0.05) is 54.1 Å². The average Bonchev–Trinajstić information content (AvgIpc) is 3.51. The van der Waals surface area contributed by atoms with Gasteiger partial charge in [-0.25, -0.2) is 13.1 Å². The molecule has 42 heavy (non-hydrogen) atoms. The van der Waals surface area contributed by atoms with E-state index in [4.69, 9.17) is 11.6 Å². The highest BCUT2D eigenvalue weighted by molar-refractivity contribution is 7.89. The molecule has 0 aliphatic rings. The Balaban J connectivity index is 1.40. The van der Waals surface area contributed by atoms with E-state index in [1.807, 2.05) is 47.2 Å². The van der Waals surface area contributed by atoms with E-state index in [1.54, 1.807) is 37.3 Å². The highest BCUT2D eigenvalue weighted by Crippen LogP contribution is 2.34. The SMILES string of the molecule is Cc1cc(S(=O)(=O)NCc2ccccc2)cnc1-c1ccc(N(Cc2ccsc2)C(=O)c2cc(Cl)c(O)cc2O)cc1. The Bertz CT molecular complexity index is 1830. The highest BCUT2D eigenvalue weighted by Gasteiger charge is 2.23. The molecule has 11 heteroatoms. The van der Waals surface area contributed by atoms with Gasteiger partial charge < -0.3 is 15.1 Å². The van der Waals surface area contributed by atoms with Crippen molar-refractivity contribution in [1.82, 2.24) is 9.71 Å². The number of aromatic hydroxyl groups is 2. The number of rotatable bonds is 9. The van der Waals surface area contributed by atoms with Gasteiger partial charge in [0.25, 0.3) is 5.91 Å². The largest absolute Gasteiger partial charge is 0.507 e. The first-order chi connectivity index (χ1) is 20.1. The molecule has 3 N–H and O–H groups in total. The van der Waals surface area contributed by atoms with Crippen molar-refractivity contribution in [2.24, 2.45) is 0 Å². The zero-order valence-electron chi connectivity index (χ0n) is 22.4. The Morgan fingerprint density at radius 2 is 1.71 bits per heavy atom. The van der Waals surface area contributed by atoms with Gasteiger partial charge in [-0.2, -0.15) is 11.3 Å². The van der Waals surface area contributed by atoms with Crippen LogP contribution in [0.25, 0.3) is 11.3 Å². The van der Waals surface area contributed by atoms with E-state index in [1.165, 1.54) is 28.5 Å². The van der Waals surface area contributed by atoms with Crippen LogP contribution in [0.5, 0.6) is 11.5 Å². The molecule has 0 atom stereocenters. The fourth-order valence-electron chi connectivity index (χ4n) is 4.37. The number of sulfonamides is 1. The molecule has 0 saturated heterocycles. The van der Waals surface area contributed by atoms with Crippen LogP contribution in [0, 0.1) is 6.92 Å². The van der Waals surface area contributed by atoms with Crippen LogP contribution in [-0.2, 0) is 23.1 Å². The molecule has 1 amide bonds. The van der Waals surface area contributed by atoms with Gasteiger partial charge >= 0.3 is 0 Å². The fraction of sp³-hybridized carbons (Fsp3) is 0.0968. The van der Waals surface area contributed by atoms with Crippen LogP contribution in [0.15, 0.2) is 101 Å². The van der Waals surface area contributed by atoms with E-state index in [9.17, 15) is 23.4 Å². The molecule has 0 unspecified atom stereocenters. The Morgan fingerprint density at radius 1 is 0.976 bits per heavy atom. The van der Waals surface area contributed by atoms with Gasteiger partial charge in [0, 0.05) is 30.1 Å². The van der Waals surface area contributed by atoms with Gasteiger partial charge in [0.1, 0.15) is 16.4 Å². The number of thiophene rings is 1. The number of pyridine rings is 1. The number of carbonyl (C=O) groups excluding carboxylic acids is 1. The van der Waals surface area contributed by atoms with E-state index in [0.717, 1.165) is 22.8 Å². The van der Waals surface area contributed by atoms with Crippen molar-refractivity contribution in [1.29, 1.82) is 0 Å². The summed E-state index contributed by atoms with van der Waals surface area (Å²) in [6.07, 6.45) is 1.33. The van der Waals surface area contributed by atoms with E-state index in [2.05, 4.69) is 9.71 Å². The van der Waals surface area contributed by atoms with Crippen molar-refractivity contribution in [2.45, 2.75) is 24.9 Å². The second-order valence-electron chi connectivity index (χ2n) is 9.54. The third-order valence-corrected chi connectivity index (χ3v) is 8.99. The number of anilines is 1. The van der Waals surface area contributed by atoms with Crippen molar-refractivity contribution in [2.75, 3.05) is 4.90 Å². The van der Waals surface area contributed by atoms with Crippen LogP contribution >= 0.6 is 22.9 Å². The monoisotopic (exact) mass is 619 g/mol. The molecule has 5 aromatic rings. The molecule has 2 heterocycles. The molecule has 0 spiro atoms. The van der Waals surface area contributed by atoms with Crippen molar-refractivity contribution in [3.8, 4) is 22.8 Å². The van der Waals surface area contributed by atoms with Gasteiger partial charge in [0.2, 0.25) is 10.0 Å². The number of carbonyl (C=O) groups is 1. The van der Waals surface area contributed by atoms with Crippen molar-refractivity contribution >= 4 is 44.6 Å². The van der Waals surface area contributed by atoms with Gasteiger partial charge in [0.15, 0.2) is 0 Å². The van der Waals surface area contributed by atoms with Crippen molar-refractivity contribution in [3.63, 3.8) is 0 Å². The molecule has 0 fully saturated rings. The third-order valence-electron chi connectivity index (χ3n) is 6.59. The minimum atomic E-state index is -3.77. The summed E-state index contributed by atoms with van der Waals surface area (Å²) in [6, 6.07) is 22.1. The lowest BCUT2D eigenvalue weighted by Crippen LogP contribution is -2.30. The quantitative estimate of drug-likeness (QED) is 0.173. The van der Waals surface area contributed by atoms with Crippen LogP contribution in [0.2, 0.25) is 5.02 Å². The lowest BCUT2D eigenvalue weighted by molar-refractivity contribution is 0.0982. The number of benzene rings is 3. The number of aryl methyl sites for hydroxylation is 1. The van der Waals surface area contributed by atoms with Gasteiger partial charge in [-0.15, -0.1) is 0 Å². The molecule has 5 rings (SSSR count). The Morgan fingerprint density at radius 3 is 2.38 bits per heavy atom. The van der Waals surface area contributed by atoms with Crippen LogP contribution in [0.3, 0.4) is 0 Å².